The summed E-state index contributed by atoms with van der Waals surface area (Å²) in [5, 5.41) is 9.85. The molecule has 0 aliphatic heterocycles. The Balaban J connectivity index is 4.75. The van der Waals surface area contributed by atoms with E-state index in [1.807, 2.05) is 0 Å². The lowest BCUT2D eigenvalue weighted by atomic mass is 10.1. The summed E-state index contributed by atoms with van der Waals surface area (Å²) in [6, 6.07) is 0. The van der Waals surface area contributed by atoms with Gasteiger partial charge in [0.15, 0.2) is 6.10 Å². The smallest absolute Gasteiger partial charge is 0.462 e. The summed E-state index contributed by atoms with van der Waals surface area (Å²) in [6.45, 7) is 4.39. The van der Waals surface area contributed by atoms with E-state index in [9.17, 15) is 28.9 Å². The first-order valence-corrected chi connectivity index (χ1v) is 32.6. The minimum Gasteiger partial charge on any atom is -0.462 e. The van der Waals surface area contributed by atoms with Crippen LogP contribution in [-0.4, -0.2) is 66.5 Å². The number of carbonyl (C=O) groups excluding carboxylic acids is 3. The number of aliphatic hydroxyl groups excluding tert-OH is 1. The lowest BCUT2D eigenvalue weighted by Gasteiger charge is -2.21. The van der Waals surface area contributed by atoms with Crippen LogP contribution in [0.2, 0.25) is 0 Å². The molecule has 0 saturated heterocycles. The first-order chi connectivity index (χ1) is 38.2. The first kappa shape index (κ1) is 74.4. The average molecular weight is 1110 g/mol. The minimum atomic E-state index is -4.77. The summed E-state index contributed by atoms with van der Waals surface area (Å²) in [5.41, 5.74) is 0. The van der Waals surface area contributed by atoms with Gasteiger partial charge >= 0.3 is 25.7 Å². The van der Waals surface area contributed by atoms with E-state index in [0.29, 0.717) is 19.3 Å². The second-order valence-electron chi connectivity index (χ2n) is 20.5. The molecule has 3 unspecified atom stereocenters. The predicted molar refractivity (Wildman–Crippen MR) is 325 cm³/mol. The van der Waals surface area contributed by atoms with Gasteiger partial charge in [-0.25, -0.2) is 4.57 Å². The SMILES string of the molecule is CC/C=C\C/C=C\C/C=C\C/C=C\CCCCCCC(=O)OC(COC(=O)CCCCCCCCC/C=C\C/C=C\C/C=C\CC)COP(=O)(O)OCC(CO)OC(=O)CCCCCCCCC/C=C\CCCCCCCC. The molecule has 0 aromatic heterocycles. The van der Waals surface area contributed by atoms with Gasteiger partial charge in [0.05, 0.1) is 19.8 Å². The molecule has 0 rings (SSSR count). The third-order valence-electron chi connectivity index (χ3n) is 13.0. The maximum absolute atomic E-state index is 12.9. The molecule has 0 heterocycles. The van der Waals surface area contributed by atoms with Crippen LogP contribution in [0.3, 0.4) is 0 Å². The monoisotopic (exact) mass is 1110 g/mol. The Morgan fingerprint density at radius 2 is 0.667 bits per heavy atom. The molecule has 2 N–H and O–H groups in total. The minimum absolute atomic E-state index is 0.133. The molecule has 0 aliphatic carbocycles. The average Bonchev–Trinajstić information content (AvgIpc) is 3.43. The van der Waals surface area contributed by atoms with Crippen LogP contribution in [0.15, 0.2) is 97.2 Å². The fourth-order valence-electron chi connectivity index (χ4n) is 8.30. The van der Waals surface area contributed by atoms with Crippen molar-refractivity contribution in [3.05, 3.63) is 97.2 Å². The number of ether oxygens (including phenoxy) is 3. The highest BCUT2D eigenvalue weighted by Gasteiger charge is 2.28. The van der Waals surface area contributed by atoms with Gasteiger partial charge in [0.2, 0.25) is 0 Å². The van der Waals surface area contributed by atoms with E-state index in [2.05, 4.69) is 118 Å². The highest BCUT2D eigenvalue weighted by molar-refractivity contribution is 7.47. The maximum Gasteiger partial charge on any atom is 0.472 e. The molecular weight excluding hydrogens is 1000 g/mol. The summed E-state index contributed by atoms with van der Waals surface area (Å²) in [5.74, 6) is -1.51. The number of rotatable bonds is 57. The van der Waals surface area contributed by atoms with Gasteiger partial charge in [-0.1, -0.05) is 227 Å². The van der Waals surface area contributed by atoms with Gasteiger partial charge in [0.25, 0.3) is 0 Å². The predicted octanol–water partition coefficient (Wildman–Crippen LogP) is 18.8. The topological polar surface area (TPSA) is 155 Å². The van der Waals surface area contributed by atoms with E-state index >= 15 is 0 Å². The third-order valence-corrected chi connectivity index (χ3v) is 13.9. The molecule has 0 aromatic carbocycles. The van der Waals surface area contributed by atoms with Crippen molar-refractivity contribution in [3.63, 3.8) is 0 Å². The van der Waals surface area contributed by atoms with Crippen molar-refractivity contribution >= 4 is 25.7 Å². The quantitative estimate of drug-likeness (QED) is 0.0197. The number of phosphoric ester groups is 1. The molecule has 0 saturated carbocycles. The van der Waals surface area contributed by atoms with Crippen LogP contribution in [0.25, 0.3) is 0 Å². The van der Waals surface area contributed by atoms with E-state index in [-0.39, 0.29) is 25.9 Å². The van der Waals surface area contributed by atoms with Crippen LogP contribution in [0.5, 0.6) is 0 Å². The molecule has 0 aliphatic rings. The van der Waals surface area contributed by atoms with E-state index in [1.54, 1.807) is 0 Å². The number of hydrogen-bond donors (Lipinski definition) is 2. The third kappa shape index (κ3) is 57.1. The molecule has 0 bridgehead atoms. The van der Waals surface area contributed by atoms with Gasteiger partial charge < -0.3 is 24.2 Å². The molecule has 12 heteroatoms. The Kier molecular flexibility index (Phi) is 56.8. The van der Waals surface area contributed by atoms with E-state index < -0.39 is 57.8 Å². The lowest BCUT2D eigenvalue weighted by Crippen LogP contribution is -2.30. The van der Waals surface area contributed by atoms with Gasteiger partial charge in [-0.2, -0.15) is 0 Å². The summed E-state index contributed by atoms with van der Waals surface area (Å²) in [4.78, 5) is 48.7. The fraction of sp³-hybridized carbons (Fsp3) is 0.712. The van der Waals surface area contributed by atoms with Crippen LogP contribution < -0.4 is 0 Å². The zero-order chi connectivity index (χ0) is 56.9. The molecule has 78 heavy (non-hydrogen) atoms. The molecule has 3 atom stereocenters. The summed E-state index contributed by atoms with van der Waals surface area (Å²) < 4.78 is 39.6. The zero-order valence-corrected chi connectivity index (χ0v) is 50.5. The molecule has 448 valence electrons. The lowest BCUT2D eigenvalue weighted by molar-refractivity contribution is -0.161. The van der Waals surface area contributed by atoms with Crippen LogP contribution in [0.4, 0.5) is 0 Å². The number of phosphoric acid groups is 1. The number of allylic oxidation sites excluding steroid dienone is 16. The molecule has 11 nitrogen and oxygen atoms in total. The van der Waals surface area contributed by atoms with Crippen molar-refractivity contribution in [2.24, 2.45) is 0 Å². The second kappa shape index (κ2) is 59.5. The summed E-state index contributed by atoms with van der Waals surface area (Å²) >= 11 is 0. The molecule has 0 radical (unpaired) electrons. The Hall–Kier alpha value is -3.60. The van der Waals surface area contributed by atoms with E-state index in [1.165, 1.54) is 77.0 Å². The van der Waals surface area contributed by atoms with Crippen molar-refractivity contribution in [1.29, 1.82) is 0 Å². The van der Waals surface area contributed by atoms with Gasteiger partial charge in [0, 0.05) is 19.3 Å². The molecule has 0 aromatic rings. The summed E-state index contributed by atoms with van der Waals surface area (Å²) in [7, 11) is -4.77. The standard InChI is InChI=1S/C66H113O11P/c1-4-7-10-13-16-19-22-25-28-31-34-37-40-43-46-49-52-55-64(68)73-59-63(77-66(70)57-54-51-48-45-42-39-36-33-30-27-24-21-18-15-12-9-6-3)61-75-78(71,72)74-60-62(58-67)76-65(69)56-53-50-47-44-41-38-35-32-29-26-23-20-17-14-11-8-5-2/h7,9-10,12,16,18-19,21,25-30,36,39,62-63,67H,4-6,8,11,13-15,17,20,22-24,31-35,37-38,40-61H2,1-3H3,(H,71,72)/b10-7-,12-9-,19-16-,21-18-,28-25-,29-26-,30-27-,39-36-. The second-order valence-corrected chi connectivity index (χ2v) is 21.9. The van der Waals surface area contributed by atoms with Gasteiger partial charge in [-0.3, -0.25) is 23.4 Å². The maximum atomic E-state index is 12.9. The Labute approximate surface area is 476 Å². The van der Waals surface area contributed by atoms with Gasteiger partial charge in [0.1, 0.15) is 12.7 Å². The van der Waals surface area contributed by atoms with Gasteiger partial charge in [-0.15, -0.1) is 0 Å². The fourth-order valence-corrected chi connectivity index (χ4v) is 9.08. The van der Waals surface area contributed by atoms with Gasteiger partial charge in [-0.05, 0) is 116 Å². The van der Waals surface area contributed by atoms with Crippen LogP contribution >= 0.6 is 7.82 Å². The number of esters is 3. The number of aliphatic hydroxyl groups is 1. The molecular formula is C66H113O11P. The van der Waals surface area contributed by atoms with Crippen molar-refractivity contribution in [2.75, 3.05) is 26.4 Å². The van der Waals surface area contributed by atoms with Crippen LogP contribution in [0, 0.1) is 0 Å². The summed E-state index contributed by atoms with van der Waals surface area (Å²) in [6.07, 6.45) is 70.7. The first-order valence-electron chi connectivity index (χ1n) is 31.1. The van der Waals surface area contributed by atoms with Crippen molar-refractivity contribution in [1.82, 2.24) is 0 Å². The van der Waals surface area contributed by atoms with Crippen molar-refractivity contribution < 1.29 is 52.2 Å². The largest absolute Gasteiger partial charge is 0.472 e. The number of carbonyl (C=O) groups is 3. The Morgan fingerprint density at radius 1 is 0.372 bits per heavy atom. The Bertz CT molecular complexity index is 1680. The zero-order valence-electron chi connectivity index (χ0n) is 49.6. The Morgan fingerprint density at radius 3 is 1.04 bits per heavy atom. The highest BCUT2D eigenvalue weighted by Crippen LogP contribution is 2.43. The van der Waals surface area contributed by atoms with E-state index in [0.717, 1.165) is 128 Å². The molecule has 0 fully saturated rings. The van der Waals surface area contributed by atoms with Crippen LogP contribution in [-0.2, 0) is 42.2 Å². The van der Waals surface area contributed by atoms with E-state index in [4.69, 9.17) is 23.3 Å². The van der Waals surface area contributed by atoms with Crippen molar-refractivity contribution in [2.45, 2.75) is 277 Å². The normalized spacial score (nSPS) is 14.0. The molecule has 0 amide bonds. The number of unbranched alkanes of at least 4 members (excludes halogenated alkanes) is 24. The number of hydrogen-bond acceptors (Lipinski definition) is 10. The highest BCUT2D eigenvalue weighted by atomic mass is 31.2. The van der Waals surface area contributed by atoms with Crippen molar-refractivity contribution in [3.8, 4) is 0 Å². The van der Waals surface area contributed by atoms with Crippen LogP contribution in [0.1, 0.15) is 265 Å². The molecule has 0 spiro atoms.